The highest BCUT2D eigenvalue weighted by Gasteiger charge is 2.43. The smallest absolute Gasteiger partial charge is 0.308 e. The molecule has 1 aromatic carbocycles. The van der Waals surface area contributed by atoms with Gasteiger partial charge >= 0.3 is 5.97 Å². The molecule has 1 aliphatic rings. The predicted molar refractivity (Wildman–Crippen MR) is 105 cm³/mol. The molecular formula is C22H26N2O4. The SMILES string of the molecule is CC(=O)Oc1c(C)c(C)nc(C)c1CN1OC(C)(c2ccc(C)cc2)CC1=O. The molecule has 1 aromatic heterocycles. The molecule has 0 spiro atoms. The molecule has 0 radical (unpaired) electrons. The molecule has 1 fully saturated rings. The summed E-state index contributed by atoms with van der Waals surface area (Å²) in [6, 6.07) is 7.99. The normalized spacial score (nSPS) is 19.2. The van der Waals surface area contributed by atoms with E-state index in [0.29, 0.717) is 17.0 Å². The number of ether oxygens (including phenoxy) is 1. The third-order valence-corrected chi connectivity index (χ3v) is 5.22. The molecule has 0 N–H and O–H groups in total. The molecule has 0 saturated carbocycles. The number of hydrogen-bond acceptors (Lipinski definition) is 5. The van der Waals surface area contributed by atoms with Crippen molar-refractivity contribution in [2.75, 3.05) is 0 Å². The summed E-state index contributed by atoms with van der Waals surface area (Å²) in [4.78, 5) is 34.9. The van der Waals surface area contributed by atoms with E-state index in [1.807, 2.05) is 58.9 Å². The third-order valence-electron chi connectivity index (χ3n) is 5.22. The Morgan fingerprint density at radius 3 is 2.43 bits per heavy atom. The number of esters is 1. The van der Waals surface area contributed by atoms with E-state index in [-0.39, 0.29) is 18.9 Å². The molecule has 2 aromatic rings. The van der Waals surface area contributed by atoms with Crippen molar-refractivity contribution in [3.63, 3.8) is 0 Å². The van der Waals surface area contributed by atoms with Gasteiger partial charge in [0, 0.05) is 29.4 Å². The summed E-state index contributed by atoms with van der Waals surface area (Å²) in [6.07, 6.45) is 0.246. The van der Waals surface area contributed by atoms with E-state index < -0.39 is 11.6 Å². The van der Waals surface area contributed by atoms with Gasteiger partial charge in [-0.15, -0.1) is 0 Å². The highest BCUT2D eigenvalue weighted by Crippen LogP contribution is 2.38. The summed E-state index contributed by atoms with van der Waals surface area (Å²) >= 11 is 0. The minimum Gasteiger partial charge on any atom is -0.426 e. The van der Waals surface area contributed by atoms with Crippen molar-refractivity contribution in [1.29, 1.82) is 0 Å². The van der Waals surface area contributed by atoms with Crippen LogP contribution in [0.25, 0.3) is 0 Å². The van der Waals surface area contributed by atoms with Crippen LogP contribution in [0.2, 0.25) is 0 Å². The number of hydrogen-bond donors (Lipinski definition) is 0. The zero-order valence-corrected chi connectivity index (χ0v) is 17.3. The van der Waals surface area contributed by atoms with Gasteiger partial charge in [-0.05, 0) is 40.2 Å². The minimum atomic E-state index is -0.729. The van der Waals surface area contributed by atoms with Crippen LogP contribution >= 0.6 is 0 Å². The van der Waals surface area contributed by atoms with Crippen molar-refractivity contribution in [1.82, 2.24) is 10.0 Å². The van der Waals surface area contributed by atoms with Crippen LogP contribution in [-0.2, 0) is 26.6 Å². The summed E-state index contributed by atoms with van der Waals surface area (Å²) in [5.41, 5.74) is 4.33. The van der Waals surface area contributed by atoms with E-state index in [1.165, 1.54) is 12.0 Å². The number of carbonyl (C=O) groups excluding carboxylic acids is 2. The molecule has 148 valence electrons. The van der Waals surface area contributed by atoms with Gasteiger partial charge < -0.3 is 4.74 Å². The Kier molecular flexibility index (Phi) is 5.26. The number of pyridine rings is 1. The van der Waals surface area contributed by atoms with Gasteiger partial charge in [-0.25, -0.2) is 5.06 Å². The van der Waals surface area contributed by atoms with Crippen LogP contribution in [0.3, 0.4) is 0 Å². The van der Waals surface area contributed by atoms with E-state index in [9.17, 15) is 9.59 Å². The van der Waals surface area contributed by atoms with Crippen LogP contribution in [0.4, 0.5) is 0 Å². The molecule has 1 atom stereocenters. The fourth-order valence-electron chi connectivity index (χ4n) is 3.45. The first-order chi connectivity index (χ1) is 13.1. The summed E-state index contributed by atoms with van der Waals surface area (Å²) in [6.45, 7) is 11.0. The minimum absolute atomic E-state index is 0.116. The van der Waals surface area contributed by atoms with Gasteiger partial charge in [-0.1, -0.05) is 29.8 Å². The maximum absolute atomic E-state index is 12.7. The van der Waals surface area contributed by atoms with Crippen LogP contribution in [-0.4, -0.2) is 21.9 Å². The quantitative estimate of drug-likeness (QED) is 0.752. The average Bonchev–Trinajstić information content (AvgIpc) is 2.91. The fourth-order valence-corrected chi connectivity index (χ4v) is 3.45. The van der Waals surface area contributed by atoms with Gasteiger partial charge in [0.25, 0.3) is 0 Å². The summed E-state index contributed by atoms with van der Waals surface area (Å²) < 4.78 is 5.46. The fraction of sp³-hybridized carbons (Fsp3) is 0.409. The highest BCUT2D eigenvalue weighted by molar-refractivity contribution is 5.78. The number of benzene rings is 1. The molecular weight excluding hydrogens is 356 g/mol. The second kappa shape index (κ2) is 7.36. The van der Waals surface area contributed by atoms with E-state index in [0.717, 1.165) is 22.4 Å². The summed E-state index contributed by atoms with van der Waals surface area (Å²) in [7, 11) is 0. The van der Waals surface area contributed by atoms with Gasteiger partial charge in [0.1, 0.15) is 11.4 Å². The topological polar surface area (TPSA) is 68.7 Å². The molecule has 28 heavy (non-hydrogen) atoms. The van der Waals surface area contributed by atoms with E-state index in [1.54, 1.807) is 0 Å². The Morgan fingerprint density at radius 1 is 1.18 bits per heavy atom. The van der Waals surface area contributed by atoms with Crippen molar-refractivity contribution < 1.29 is 19.2 Å². The summed E-state index contributed by atoms with van der Waals surface area (Å²) in [5, 5.41) is 1.35. The van der Waals surface area contributed by atoms with Gasteiger partial charge in [-0.3, -0.25) is 19.4 Å². The van der Waals surface area contributed by atoms with Crippen molar-refractivity contribution in [2.24, 2.45) is 0 Å². The summed E-state index contributed by atoms with van der Waals surface area (Å²) in [5.74, 6) is -0.0696. The lowest BCUT2D eigenvalue weighted by molar-refractivity contribution is -0.203. The molecule has 3 rings (SSSR count). The molecule has 1 unspecified atom stereocenters. The predicted octanol–water partition coefficient (Wildman–Crippen LogP) is 3.82. The Labute approximate surface area is 165 Å². The van der Waals surface area contributed by atoms with Crippen LogP contribution in [0.5, 0.6) is 5.75 Å². The number of aromatic nitrogens is 1. The molecule has 0 aliphatic carbocycles. The van der Waals surface area contributed by atoms with Gasteiger partial charge in [0.2, 0.25) is 5.91 Å². The van der Waals surface area contributed by atoms with Gasteiger partial charge in [0.15, 0.2) is 0 Å². The van der Waals surface area contributed by atoms with Crippen LogP contribution in [0.15, 0.2) is 24.3 Å². The Hall–Kier alpha value is -2.73. The number of hydroxylamine groups is 2. The van der Waals surface area contributed by atoms with Crippen molar-refractivity contribution >= 4 is 11.9 Å². The number of rotatable bonds is 4. The van der Waals surface area contributed by atoms with E-state index in [4.69, 9.17) is 9.57 Å². The van der Waals surface area contributed by atoms with Crippen LogP contribution < -0.4 is 4.74 Å². The zero-order valence-electron chi connectivity index (χ0n) is 17.3. The standard InChI is InChI=1S/C22H26N2O4/c1-13-7-9-18(10-8-13)22(6)11-20(26)24(28-22)12-19-16(4)23-15(3)14(2)21(19)27-17(5)25/h7-10H,11-12H2,1-6H3. The van der Waals surface area contributed by atoms with E-state index >= 15 is 0 Å². The molecule has 6 nitrogen and oxygen atoms in total. The van der Waals surface area contributed by atoms with Gasteiger partial charge in [0.05, 0.1) is 13.0 Å². The molecule has 0 bridgehead atoms. The van der Waals surface area contributed by atoms with Gasteiger partial charge in [-0.2, -0.15) is 0 Å². The maximum atomic E-state index is 12.7. The lowest BCUT2D eigenvalue weighted by atomic mass is 9.92. The second-order valence-electron chi connectivity index (χ2n) is 7.60. The monoisotopic (exact) mass is 382 g/mol. The van der Waals surface area contributed by atoms with Crippen LogP contribution in [0, 0.1) is 27.7 Å². The largest absolute Gasteiger partial charge is 0.426 e. The third kappa shape index (κ3) is 3.78. The highest BCUT2D eigenvalue weighted by atomic mass is 16.7. The second-order valence-corrected chi connectivity index (χ2v) is 7.60. The molecule has 1 saturated heterocycles. The average molecular weight is 382 g/mol. The number of nitrogens with zero attached hydrogens (tertiary/aromatic N) is 2. The zero-order chi connectivity index (χ0) is 20.6. The number of carbonyl (C=O) groups is 2. The van der Waals surface area contributed by atoms with Crippen molar-refractivity contribution in [3.05, 3.63) is 57.9 Å². The Morgan fingerprint density at radius 2 is 1.82 bits per heavy atom. The van der Waals surface area contributed by atoms with Crippen molar-refractivity contribution in [3.8, 4) is 5.75 Å². The lowest BCUT2D eigenvalue weighted by Crippen LogP contribution is -2.27. The first-order valence-corrected chi connectivity index (χ1v) is 9.32. The number of amides is 1. The molecule has 6 heteroatoms. The Bertz CT molecular complexity index is 937. The first kappa shape index (κ1) is 20.0. The first-order valence-electron chi connectivity index (χ1n) is 9.32. The van der Waals surface area contributed by atoms with E-state index in [2.05, 4.69) is 4.98 Å². The van der Waals surface area contributed by atoms with Crippen molar-refractivity contribution in [2.45, 2.75) is 60.1 Å². The molecule has 1 aliphatic heterocycles. The molecule has 1 amide bonds. The van der Waals surface area contributed by atoms with Crippen LogP contribution in [0.1, 0.15) is 53.9 Å². The lowest BCUT2D eigenvalue weighted by Gasteiger charge is -2.26. The maximum Gasteiger partial charge on any atom is 0.308 e. The molecule has 2 heterocycles. The number of aryl methyl sites for hydroxylation is 3. The Balaban J connectivity index is 1.92.